The summed E-state index contributed by atoms with van der Waals surface area (Å²) >= 11 is 7.64. The van der Waals surface area contributed by atoms with Gasteiger partial charge in [0.1, 0.15) is 10.7 Å². The van der Waals surface area contributed by atoms with Crippen molar-refractivity contribution in [3.05, 3.63) is 50.1 Å². The molecule has 0 bridgehead atoms. The number of nitrogens with zero attached hydrogens (tertiary/aromatic N) is 3. The van der Waals surface area contributed by atoms with E-state index in [1.807, 2.05) is 12.1 Å². The summed E-state index contributed by atoms with van der Waals surface area (Å²) in [5, 5.41) is 10.3. The molecule has 0 radical (unpaired) electrons. The van der Waals surface area contributed by atoms with E-state index in [0.29, 0.717) is 30.2 Å². The second-order valence-electron chi connectivity index (χ2n) is 6.20. The quantitative estimate of drug-likeness (QED) is 0.633. The van der Waals surface area contributed by atoms with E-state index in [0.717, 1.165) is 35.0 Å². The summed E-state index contributed by atoms with van der Waals surface area (Å²) in [6, 6.07) is 9.53. The predicted octanol–water partition coefficient (Wildman–Crippen LogP) is 4.57. The van der Waals surface area contributed by atoms with E-state index >= 15 is 0 Å². The number of nitriles is 1. The van der Waals surface area contributed by atoms with Gasteiger partial charge in [-0.2, -0.15) is 5.26 Å². The summed E-state index contributed by atoms with van der Waals surface area (Å²) in [5.74, 6) is 0.659. The Bertz CT molecular complexity index is 1040. The maximum atomic E-state index is 13.2. The summed E-state index contributed by atoms with van der Waals surface area (Å²) < 4.78 is 1.73. The van der Waals surface area contributed by atoms with Gasteiger partial charge in [-0.15, -0.1) is 11.3 Å². The van der Waals surface area contributed by atoms with Crippen molar-refractivity contribution in [2.24, 2.45) is 0 Å². The van der Waals surface area contributed by atoms with E-state index in [-0.39, 0.29) is 5.56 Å². The third kappa shape index (κ3) is 2.86. The molecule has 0 saturated heterocycles. The molecule has 0 atom stereocenters. The topological polar surface area (TPSA) is 58.7 Å². The van der Waals surface area contributed by atoms with Crippen LogP contribution >= 0.6 is 22.9 Å². The first-order valence-electron chi connectivity index (χ1n) is 8.37. The molecule has 0 fully saturated rings. The van der Waals surface area contributed by atoms with E-state index in [2.05, 4.69) is 6.07 Å². The van der Waals surface area contributed by atoms with Gasteiger partial charge in [0.2, 0.25) is 0 Å². The molecule has 1 aliphatic rings. The molecule has 1 aliphatic carbocycles. The highest BCUT2D eigenvalue weighted by atomic mass is 35.5. The van der Waals surface area contributed by atoms with Crippen LogP contribution in [0.1, 0.15) is 29.7 Å². The number of unbranched alkanes of at least 4 members (excludes halogenated alkanes) is 1. The number of aryl methyl sites for hydroxylation is 2. The number of hydrogen-bond donors (Lipinski definition) is 0. The molecule has 4 nitrogen and oxygen atoms in total. The van der Waals surface area contributed by atoms with Crippen LogP contribution in [0, 0.1) is 11.3 Å². The van der Waals surface area contributed by atoms with Crippen molar-refractivity contribution in [1.82, 2.24) is 9.55 Å². The lowest BCUT2D eigenvalue weighted by Crippen LogP contribution is -2.23. The fraction of sp³-hybridized carbons (Fsp3) is 0.316. The highest BCUT2D eigenvalue weighted by Gasteiger charge is 2.23. The van der Waals surface area contributed by atoms with Crippen LogP contribution in [0.5, 0.6) is 0 Å². The number of thiophene rings is 1. The molecular formula is C19H16ClN3OS. The van der Waals surface area contributed by atoms with Crippen molar-refractivity contribution in [2.75, 3.05) is 0 Å². The monoisotopic (exact) mass is 369 g/mol. The van der Waals surface area contributed by atoms with Gasteiger partial charge in [-0.25, -0.2) is 4.98 Å². The SMILES string of the molecule is N#CCCCn1c(-c2ccc(Cl)cc2)nc2sc3c(c2c1=O)CCC3. The average Bonchev–Trinajstić information content (AvgIpc) is 3.18. The van der Waals surface area contributed by atoms with Crippen LogP contribution in [-0.4, -0.2) is 9.55 Å². The number of fused-ring (bicyclic) bond motifs is 3. The summed E-state index contributed by atoms with van der Waals surface area (Å²) in [7, 11) is 0. The van der Waals surface area contributed by atoms with Gasteiger partial charge in [0.15, 0.2) is 0 Å². The molecule has 6 heteroatoms. The van der Waals surface area contributed by atoms with E-state index < -0.39 is 0 Å². The largest absolute Gasteiger partial charge is 0.292 e. The minimum absolute atomic E-state index is 0.0206. The molecule has 0 spiro atoms. The molecule has 0 saturated carbocycles. The smallest absolute Gasteiger partial charge is 0.262 e. The van der Waals surface area contributed by atoms with Gasteiger partial charge in [0.05, 0.1) is 11.5 Å². The number of halogens is 1. The first-order valence-corrected chi connectivity index (χ1v) is 9.56. The van der Waals surface area contributed by atoms with Crippen molar-refractivity contribution >= 4 is 33.2 Å². The summed E-state index contributed by atoms with van der Waals surface area (Å²) in [6.07, 6.45) is 4.18. The zero-order valence-corrected chi connectivity index (χ0v) is 15.2. The molecule has 0 aliphatic heterocycles. The van der Waals surface area contributed by atoms with Gasteiger partial charge < -0.3 is 0 Å². The Balaban J connectivity index is 1.93. The maximum absolute atomic E-state index is 13.2. The number of rotatable bonds is 4. The molecule has 126 valence electrons. The van der Waals surface area contributed by atoms with Crippen molar-refractivity contribution in [1.29, 1.82) is 5.26 Å². The molecule has 0 N–H and O–H groups in total. The van der Waals surface area contributed by atoms with Crippen molar-refractivity contribution in [3.8, 4) is 17.5 Å². The highest BCUT2D eigenvalue weighted by molar-refractivity contribution is 7.18. The Morgan fingerprint density at radius 3 is 2.84 bits per heavy atom. The minimum atomic E-state index is 0.0206. The molecule has 2 heterocycles. The van der Waals surface area contributed by atoms with Gasteiger partial charge in [0.25, 0.3) is 5.56 Å². The van der Waals surface area contributed by atoms with Gasteiger partial charge >= 0.3 is 0 Å². The van der Waals surface area contributed by atoms with Crippen molar-refractivity contribution < 1.29 is 0 Å². The van der Waals surface area contributed by atoms with Crippen LogP contribution < -0.4 is 5.56 Å². The first-order chi connectivity index (χ1) is 12.2. The Morgan fingerprint density at radius 2 is 2.08 bits per heavy atom. The van der Waals surface area contributed by atoms with Gasteiger partial charge in [-0.3, -0.25) is 9.36 Å². The molecule has 25 heavy (non-hydrogen) atoms. The third-order valence-corrected chi connectivity index (χ3v) is 6.04. The fourth-order valence-corrected chi connectivity index (χ4v) is 4.80. The molecule has 0 amide bonds. The molecule has 4 rings (SSSR count). The standard InChI is InChI=1S/C19H16ClN3OS/c20-13-8-6-12(7-9-13)17-22-18-16(14-4-3-5-15(14)25-18)19(24)23(17)11-2-1-10-21/h6-9H,1-5,11H2. The number of benzene rings is 1. The Morgan fingerprint density at radius 1 is 1.28 bits per heavy atom. The van der Waals surface area contributed by atoms with Gasteiger partial charge in [0, 0.05) is 28.4 Å². The zero-order chi connectivity index (χ0) is 17.4. The normalized spacial score (nSPS) is 13.1. The van der Waals surface area contributed by atoms with Crippen LogP contribution in [0.4, 0.5) is 0 Å². The highest BCUT2D eigenvalue weighted by Crippen LogP contribution is 2.35. The van der Waals surface area contributed by atoms with Gasteiger partial charge in [-0.05, 0) is 55.5 Å². The molecule has 3 aromatic rings. The van der Waals surface area contributed by atoms with Crippen LogP contribution in [0.25, 0.3) is 21.6 Å². The van der Waals surface area contributed by atoms with Gasteiger partial charge in [-0.1, -0.05) is 11.6 Å². The fourth-order valence-electron chi connectivity index (χ4n) is 3.42. The van der Waals surface area contributed by atoms with Crippen LogP contribution in [0.3, 0.4) is 0 Å². The Labute approximate surface area is 154 Å². The second-order valence-corrected chi connectivity index (χ2v) is 7.72. The zero-order valence-electron chi connectivity index (χ0n) is 13.6. The Hall–Kier alpha value is -2.16. The van der Waals surface area contributed by atoms with Crippen LogP contribution in [0.15, 0.2) is 29.1 Å². The third-order valence-electron chi connectivity index (χ3n) is 4.60. The first kappa shape index (κ1) is 16.3. The van der Waals surface area contributed by atoms with E-state index in [1.54, 1.807) is 28.0 Å². The van der Waals surface area contributed by atoms with Crippen LogP contribution in [0.2, 0.25) is 5.02 Å². The maximum Gasteiger partial charge on any atom is 0.262 e. The van der Waals surface area contributed by atoms with E-state index in [9.17, 15) is 4.79 Å². The van der Waals surface area contributed by atoms with E-state index in [1.165, 1.54) is 10.4 Å². The lowest BCUT2D eigenvalue weighted by atomic mass is 10.1. The van der Waals surface area contributed by atoms with Crippen LogP contribution in [-0.2, 0) is 19.4 Å². The van der Waals surface area contributed by atoms with Crippen molar-refractivity contribution in [3.63, 3.8) is 0 Å². The van der Waals surface area contributed by atoms with E-state index in [4.69, 9.17) is 21.8 Å². The lowest BCUT2D eigenvalue weighted by Gasteiger charge is -2.12. The minimum Gasteiger partial charge on any atom is -0.292 e. The second kappa shape index (κ2) is 6.62. The molecular weight excluding hydrogens is 354 g/mol. The summed E-state index contributed by atoms with van der Waals surface area (Å²) in [6.45, 7) is 0.498. The average molecular weight is 370 g/mol. The molecule has 1 aromatic carbocycles. The molecule has 2 aromatic heterocycles. The van der Waals surface area contributed by atoms with Crippen molar-refractivity contribution in [2.45, 2.75) is 38.6 Å². The summed E-state index contributed by atoms with van der Waals surface area (Å²) in [5.41, 5.74) is 2.08. The Kier molecular flexibility index (Phi) is 4.32. The summed E-state index contributed by atoms with van der Waals surface area (Å²) in [4.78, 5) is 20.2. The number of hydrogen-bond acceptors (Lipinski definition) is 4. The lowest BCUT2D eigenvalue weighted by molar-refractivity contribution is 0.634. The predicted molar refractivity (Wildman–Crippen MR) is 101 cm³/mol. The molecule has 0 unspecified atom stereocenters. The number of aromatic nitrogens is 2.